The number of imidazole rings is 1. The maximum atomic E-state index is 12.5. The van der Waals surface area contributed by atoms with E-state index in [0.717, 1.165) is 23.0 Å². The molecule has 0 unspecified atom stereocenters. The monoisotopic (exact) mass is 370 g/mol. The SMILES string of the molecule is CC[C@@H](Sc1nc(Cc2ccccc2)c(C)[nH]1)C(=O)Nc1cc(C)on1. The van der Waals surface area contributed by atoms with E-state index >= 15 is 0 Å². The van der Waals surface area contributed by atoms with Crippen LogP contribution in [0, 0.1) is 13.8 Å². The Morgan fingerprint density at radius 3 is 2.73 bits per heavy atom. The summed E-state index contributed by atoms with van der Waals surface area (Å²) in [7, 11) is 0. The van der Waals surface area contributed by atoms with Gasteiger partial charge in [0.2, 0.25) is 5.91 Å². The van der Waals surface area contributed by atoms with Gasteiger partial charge in [-0.3, -0.25) is 4.79 Å². The highest BCUT2D eigenvalue weighted by Crippen LogP contribution is 2.26. The summed E-state index contributed by atoms with van der Waals surface area (Å²) in [5.41, 5.74) is 3.24. The molecule has 3 rings (SSSR count). The van der Waals surface area contributed by atoms with Gasteiger partial charge in [-0.1, -0.05) is 54.2 Å². The summed E-state index contributed by atoms with van der Waals surface area (Å²) in [4.78, 5) is 20.5. The Morgan fingerprint density at radius 1 is 1.31 bits per heavy atom. The van der Waals surface area contributed by atoms with Crippen LogP contribution < -0.4 is 5.32 Å². The summed E-state index contributed by atoms with van der Waals surface area (Å²) >= 11 is 1.43. The number of nitrogens with zero attached hydrogens (tertiary/aromatic N) is 2. The average molecular weight is 370 g/mol. The van der Waals surface area contributed by atoms with E-state index in [9.17, 15) is 4.79 Å². The largest absolute Gasteiger partial charge is 0.360 e. The van der Waals surface area contributed by atoms with Gasteiger partial charge < -0.3 is 14.8 Å². The summed E-state index contributed by atoms with van der Waals surface area (Å²) in [6.45, 7) is 5.77. The van der Waals surface area contributed by atoms with Crippen molar-refractivity contribution in [3.05, 3.63) is 59.1 Å². The van der Waals surface area contributed by atoms with Crippen LogP contribution in [0.25, 0.3) is 0 Å². The predicted molar refractivity (Wildman–Crippen MR) is 102 cm³/mol. The van der Waals surface area contributed by atoms with E-state index in [2.05, 4.69) is 32.6 Å². The Kier molecular flexibility index (Phi) is 5.78. The molecule has 1 amide bonds. The second kappa shape index (κ2) is 8.23. The lowest BCUT2D eigenvalue weighted by atomic mass is 10.1. The van der Waals surface area contributed by atoms with Crippen molar-refractivity contribution in [2.24, 2.45) is 0 Å². The first-order valence-corrected chi connectivity index (χ1v) is 9.43. The van der Waals surface area contributed by atoms with E-state index in [0.29, 0.717) is 18.0 Å². The number of aryl methyl sites for hydroxylation is 2. The van der Waals surface area contributed by atoms with E-state index in [4.69, 9.17) is 4.52 Å². The number of hydrogen-bond donors (Lipinski definition) is 2. The van der Waals surface area contributed by atoms with Crippen LogP contribution in [-0.2, 0) is 11.2 Å². The van der Waals surface area contributed by atoms with Crippen molar-refractivity contribution >= 4 is 23.5 Å². The number of hydrogen-bond acceptors (Lipinski definition) is 5. The van der Waals surface area contributed by atoms with Gasteiger partial charge in [0.1, 0.15) is 5.76 Å². The molecule has 6 nitrogen and oxygen atoms in total. The fraction of sp³-hybridized carbons (Fsp3) is 0.316. The molecule has 1 atom stereocenters. The second-order valence-electron chi connectivity index (χ2n) is 6.10. The van der Waals surface area contributed by atoms with Gasteiger partial charge in [-0.25, -0.2) is 4.98 Å². The third-order valence-electron chi connectivity index (χ3n) is 3.97. The van der Waals surface area contributed by atoms with E-state index < -0.39 is 0 Å². The molecule has 0 fully saturated rings. The molecule has 3 aromatic rings. The molecule has 2 heterocycles. The number of carbonyl (C=O) groups is 1. The van der Waals surface area contributed by atoms with Gasteiger partial charge in [-0.15, -0.1) is 0 Å². The Hall–Kier alpha value is -2.54. The van der Waals surface area contributed by atoms with Crippen molar-refractivity contribution in [3.63, 3.8) is 0 Å². The van der Waals surface area contributed by atoms with Gasteiger partial charge in [-0.05, 0) is 25.8 Å². The van der Waals surface area contributed by atoms with Crippen LogP contribution >= 0.6 is 11.8 Å². The normalized spacial score (nSPS) is 12.1. The quantitative estimate of drug-likeness (QED) is 0.611. The molecule has 0 aliphatic rings. The minimum atomic E-state index is -0.262. The first-order chi connectivity index (χ1) is 12.5. The zero-order valence-electron chi connectivity index (χ0n) is 15.1. The maximum absolute atomic E-state index is 12.5. The highest BCUT2D eigenvalue weighted by Gasteiger charge is 2.21. The number of benzene rings is 1. The van der Waals surface area contributed by atoms with Gasteiger partial charge >= 0.3 is 0 Å². The van der Waals surface area contributed by atoms with Crippen LogP contribution in [0.2, 0.25) is 0 Å². The lowest BCUT2D eigenvalue weighted by Crippen LogP contribution is -2.24. The zero-order chi connectivity index (χ0) is 18.5. The van der Waals surface area contributed by atoms with Gasteiger partial charge in [0.05, 0.1) is 10.9 Å². The molecule has 0 aliphatic carbocycles. The summed E-state index contributed by atoms with van der Waals surface area (Å²) in [6, 6.07) is 11.9. The van der Waals surface area contributed by atoms with Crippen LogP contribution in [0.5, 0.6) is 0 Å². The lowest BCUT2D eigenvalue weighted by Gasteiger charge is -2.11. The highest BCUT2D eigenvalue weighted by atomic mass is 32.2. The smallest absolute Gasteiger partial charge is 0.239 e. The second-order valence-corrected chi connectivity index (χ2v) is 7.29. The van der Waals surface area contributed by atoms with Crippen molar-refractivity contribution in [2.45, 2.75) is 44.0 Å². The molecular formula is C19H22N4O2S. The topological polar surface area (TPSA) is 83.8 Å². The third-order valence-corrected chi connectivity index (χ3v) is 5.22. The van der Waals surface area contributed by atoms with Gasteiger partial charge in [0.25, 0.3) is 0 Å². The van der Waals surface area contributed by atoms with Gasteiger partial charge in [-0.2, -0.15) is 0 Å². The van der Waals surface area contributed by atoms with E-state index in [-0.39, 0.29) is 11.2 Å². The number of aromatic nitrogens is 3. The number of anilines is 1. The third kappa shape index (κ3) is 4.54. The first-order valence-electron chi connectivity index (χ1n) is 8.55. The molecule has 0 spiro atoms. The maximum Gasteiger partial charge on any atom is 0.239 e. The predicted octanol–water partition coefficient (Wildman–Crippen LogP) is 4.11. The molecule has 0 bridgehead atoms. The lowest BCUT2D eigenvalue weighted by molar-refractivity contribution is -0.115. The average Bonchev–Trinajstić information content (AvgIpc) is 3.19. The van der Waals surface area contributed by atoms with Crippen molar-refractivity contribution < 1.29 is 9.32 Å². The summed E-state index contributed by atoms with van der Waals surface area (Å²) in [6.07, 6.45) is 1.45. The van der Waals surface area contributed by atoms with Crippen LogP contribution in [-0.4, -0.2) is 26.3 Å². The Morgan fingerprint density at radius 2 is 2.08 bits per heavy atom. The number of rotatable bonds is 7. The van der Waals surface area contributed by atoms with E-state index in [1.165, 1.54) is 17.3 Å². The molecule has 0 saturated carbocycles. The zero-order valence-corrected chi connectivity index (χ0v) is 15.9. The van der Waals surface area contributed by atoms with Crippen LogP contribution in [0.4, 0.5) is 5.82 Å². The Bertz CT molecular complexity index is 873. The number of aromatic amines is 1. The number of thioether (sulfide) groups is 1. The molecule has 2 aromatic heterocycles. The van der Waals surface area contributed by atoms with E-state index in [1.54, 1.807) is 13.0 Å². The first kappa shape index (κ1) is 18.3. The van der Waals surface area contributed by atoms with Crippen molar-refractivity contribution in [1.29, 1.82) is 0 Å². The van der Waals surface area contributed by atoms with Crippen LogP contribution in [0.1, 0.15) is 36.1 Å². The molecule has 0 aliphatic heterocycles. The fourth-order valence-corrected chi connectivity index (χ4v) is 3.55. The van der Waals surface area contributed by atoms with Gasteiger partial charge in [0, 0.05) is 18.2 Å². The molecule has 136 valence electrons. The summed E-state index contributed by atoms with van der Waals surface area (Å²) in [5, 5.41) is 7.09. The summed E-state index contributed by atoms with van der Waals surface area (Å²) < 4.78 is 4.98. The minimum Gasteiger partial charge on any atom is -0.360 e. The molecule has 0 radical (unpaired) electrons. The molecular weight excluding hydrogens is 348 g/mol. The van der Waals surface area contributed by atoms with E-state index in [1.807, 2.05) is 32.0 Å². The fourth-order valence-electron chi connectivity index (χ4n) is 2.57. The molecule has 1 aromatic carbocycles. The van der Waals surface area contributed by atoms with Crippen molar-refractivity contribution in [3.8, 4) is 0 Å². The van der Waals surface area contributed by atoms with Crippen LogP contribution in [0.15, 0.2) is 46.1 Å². The molecule has 26 heavy (non-hydrogen) atoms. The molecule has 0 saturated heterocycles. The summed E-state index contributed by atoms with van der Waals surface area (Å²) in [5.74, 6) is 0.990. The highest BCUT2D eigenvalue weighted by molar-refractivity contribution is 8.00. The van der Waals surface area contributed by atoms with Crippen LogP contribution in [0.3, 0.4) is 0 Å². The van der Waals surface area contributed by atoms with Gasteiger partial charge in [0.15, 0.2) is 11.0 Å². The van der Waals surface area contributed by atoms with Crippen molar-refractivity contribution in [2.75, 3.05) is 5.32 Å². The number of nitrogens with one attached hydrogen (secondary N) is 2. The van der Waals surface area contributed by atoms with Crippen molar-refractivity contribution in [1.82, 2.24) is 15.1 Å². The Labute approximate surface area is 156 Å². The standard InChI is InChI=1S/C19H22N4O2S/c1-4-16(18(24)22-17-10-12(2)25-23-17)26-19-20-13(3)15(21-19)11-14-8-6-5-7-9-14/h5-10,16H,4,11H2,1-3H3,(H,20,21)(H,22,23,24)/t16-/m1/s1. The number of amides is 1. The number of carbonyl (C=O) groups excluding carboxylic acids is 1. The molecule has 2 N–H and O–H groups in total. The number of H-pyrrole nitrogens is 1. The molecule has 7 heteroatoms. The Balaban J connectivity index is 1.66. The minimum absolute atomic E-state index is 0.107.